The molecule has 0 aliphatic carbocycles. The van der Waals surface area contributed by atoms with Gasteiger partial charge in [0.2, 0.25) is 0 Å². The van der Waals surface area contributed by atoms with E-state index in [0.717, 1.165) is 31.5 Å². The van der Waals surface area contributed by atoms with Crippen LogP contribution in [0.5, 0.6) is 5.75 Å². The Hall–Kier alpha value is -1.34. The molecule has 3 aromatic rings. The van der Waals surface area contributed by atoms with E-state index in [9.17, 15) is 4.79 Å². The van der Waals surface area contributed by atoms with E-state index in [1.54, 1.807) is 17.5 Å². The van der Waals surface area contributed by atoms with Gasteiger partial charge in [0.15, 0.2) is 5.78 Å². The summed E-state index contributed by atoms with van der Waals surface area (Å²) in [4.78, 5) is 15.8. The zero-order valence-corrected chi connectivity index (χ0v) is 14.5. The van der Waals surface area contributed by atoms with Gasteiger partial charge < -0.3 is 9.72 Å². The Morgan fingerprint density at radius 3 is 2.95 bits per heavy atom. The van der Waals surface area contributed by atoms with Crippen LogP contribution in [0.3, 0.4) is 0 Å². The maximum atomic E-state index is 12.6. The van der Waals surface area contributed by atoms with Gasteiger partial charge >= 0.3 is 0 Å². The van der Waals surface area contributed by atoms with Gasteiger partial charge in [-0.3, -0.25) is 4.79 Å². The standard InChI is InChI=1S/C16H14INO2S/c1-2-5-20-11-3-4-14-12(7-11)13(8-18-14)16(19)10-6-15(17)21-9-10/h3-4,6-9,18H,2,5H2,1H3. The number of aromatic amines is 1. The predicted molar refractivity (Wildman–Crippen MR) is 94.6 cm³/mol. The largest absolute Gasteiger partial charge is 0.494 e. The number of carbonyl (C=O) groups is 1. The number of halogens is 1. The number of fused-ring (bicyclic) bond motifs is 1. The van der Waals surface area contributed by atoms with E-state index in [0.29, 0.717) is 12.2 Å². The van der Waals surface area contributed by atoms with Crippen LogP contribution in [0.25, 0.3) is 10.9 Å². The van der Waals surface area contributed by atoms with Crippen LogP contribution in [0.1, 0.15) is 29.3 Å². The number of carbonyl (C=O) groups excluding carboxylic acids is 1. The molecule has 0 spiro atoms. The van der Waals surface area contributed by atoms with Crippen LogP contribution in [0, 0.1) is 2.88 Å². The summed E-state index contributed by atoms with van der Waals surface area (Å²) in [5.74, 6) is 0.853. The number of hydrogen-bond acceptors (Lipinski definition) is 3. The van der Waals surface area contributed by atoms with Crippen LogP contribution >= 0.6 is 33.9 Å². The van der Waals surface area contributed by atoms with E-state index in [4.69, 9.17) is 4.74 Å². The molecule has 0 fully saturated rings. The molecule has 0 aliphatic rings. The van der Waals surface area contributed by atoms with Crippen LogP contribution in [-0.4, -0.2) is 17.4 Å². The fraction of sp³-hybridized carbons (Fsp3) is 0.188. The Kier molecular flexibility index (Phi) is 4.30. The van der Waals surface area contributed by atoms with Crippen molar-refractivity contribution in [3.8, 4) is 5.75 Å². The molecule has 0 saturated carbocycles. The lowest BCUT2D eigenvalue weighted by Gasteiger charge is -2.04. The highest BCUT2D eigenvalue weighted by Gasteiger charge is 2.16. The van der Waals surface area contributed by atoms with Crippen LogP contribution in [0.15, 0.2) is 35.8 Å². The van der Waals surface area contributed by atoms with Gasteiger partial charge in [0.1, 0.15) is 5.75 Å². The van der Waals surface area contributed by atoms with E-state index in [1.807, 2.05) is 29.6 Å². The Bertz CT molecular complexity index is 791. The molecule has 3 nitrogen and oxygen atoms in total. The van der Waals surface area contributed by atoms with E-state index in [2.05, 4.69) is 34.5 Å². The van der Waals surface area contributed by atoms with E-state index in [-0.39, 0.29) is 5.78 Å². The van der Waals surface area contributed by atoms with Crippen molar-refractivity contribution in [1.82, 2.24) is 4.98 Å². The number of benzene rings is 1. The summed E-state index contributed by atoms with van der Waals surface area (Å²) in [5.41, 5.74) is 2.39. The van der Waals surface area contributed by atoms with Crippen molar-refractivity contribution in [2.24, 2.45) is 0 Å². The number of rotatable bonds is 5. The van der Waals surface area contributed by atoms with Gasteiger partial charge in [-0.25, -0.2) is 0 Å². The molecule has 0 radical (unpaired) electrons. The summed E-state index contributed by atoms with van der Waals surface area (Å²) in [6.45, 7) is 2.75. The van der Waals surface area contributed by atoms with Crippen molar-refractivity contribution < 1.29 is 9.53 Å². The molecular formula is C16H14INO2S. The number of aromatic nitrogens is 1. The second kappa shape index (κ2) is 6.19. The van der Waals surface area contributed by atoms with E-state index < -0.39 is 0 Å². The zero-order valence-electron chi connectivity index (χ0n) is 11.5. The molecule has 1 N–H and O–H groups in total. The highest BCUT2D eigenvalue weighted by molar-refractivity contribution is 14.1. The van der Waals surface area contributed by atoms with Gasteiger partial charge in [-0.1, -0.05) is 6.92 Å². The number of H-pyrrole nitrogens is 1. The number of thiophene rings is 1. The Labute approximate surface area is 140 Å². The summed E-state index contributed by atoms with van der Waals surface area (Å²) in [5, 5.41) is 2.82. The minimum Gasteiger partial charge on any atom is -0.494 e. The van der Waals surface area contributed by atoms with Gasteiger partial charge in [0.25, 0.3) is 0 Å². The second-order valence-electron chi connectivity index (χ2n) is 4.73. The lowest BCUT2D eigenvalue weighted by molar-refractivity contribution is 0.104. The third kappa shape index (κ3) is 2.98. The smallest absolute Gasteiger partial charge is 0.196 e. The van der Waals surface area contributed by atoms with Crippen LogP contribution in [0.4, 0.5) is 0 Å². The fourth-order valence-electron chi connectivity index (χ4n) is 2.18. The van der Waals surface area contributed by atoms with E-state index in [1.165, 1.54) is 0 Å². The maximum Gasteiger partial charge on any atom is 0.196 e. The molecule has 5 heteroatoms. The van der Waals surface area contributed by atoms with Crippen molar-refractivity contribution >= 4 is 50.6 Å². The lowest BCUT2D eigenvalue weighted by atomic mass is 10.1. The third-order valence-electron chi connectivity index (χ3n) is 3.20. The highest BCUT2D eigenvalue weighted by atomic mass is 127. The van der Waals surface area contributed by atoms with E-state index >= 15 is 0 Å². The van der Waals surface area contributed by atoms with Crippen molar-refractivity contribution in [2.45, 2.75) is 13.3 Å². The summed E-state index contributed by atoms with van der Waals surface area (Å²) < 4.78 is 6.77. The molecule has 0 unspecified atom stereocenters. The molecule has 2 heterocycles. The Balaban J connectivity index is 2.00. The molecule has 0 atom stereocenters. The molecule has 0 amide bonds. The first-order valence-corrected chi connectivity index (χ1v) is 8.67. The first-order valence-electron chi connectivity index (χ1n) is 6.71. The molecule has 0 saturated heterocycles. The minimum atomic E-state index is 0.0491. The predicted octanol–water partition coefficient (Wildman–Crippen LogP) is 4.85. The Morgan fingerprint density at radius 2 is 2.24 bits per heavy atom. The van der Waals surface area contributed by atoms with Crippen LogP contribution in [0.2, 0.25) is 0 Å². The normalized spacial score (nSPS) is 11.0. The van der Waals surface area contributed by atoms with Crippen LogP contribution in [-0.2, 0) is 0 Å². The molecule has 0 aliphatic heterocycles. The number of nitrogens with one attached hydrogen (secondary N) is 1. The van der Waals surface area contributed by atoms with Gasteiger partial charge in [-0.2, -0.15) is 0 Å². The summed E-state index contributed by atoms with van der Waals surface area (Å²) in [6.07, 6.45) is 2.74. The average Bonchev–Trinajstić information content (AvgIpc) is 3.10. The van der Waals surface area contributed by atoms with Gasteiger partial charge in [0, 0.05) is 33.6 Å². The molecule has 108 valence electrons. The molecule has 1 aromatic carbocycles. The number of ketones is 1. The SMILES string of the molecule is CCCOc1ccc2[nH]cc(C(=O)c3csc(I)c3)c2c1. The van der Waals surface area contributed by atoms with Crippen molar-refractivity contribution in [3.63, 3.8) is 0 Å². The van der Waals surface area contributed by atoms with Gasteiger partial charge in [-0.15, -0.1) is 11.3 Å². The van der Waals surface area contributed by atoms with Gasteiger partial charge in [0.05, 0.1) is 9.49 Å². The first-order chi connectivity index (χ1) is 10.2. The molecule has 21 heavy (non-hydrogen) atoms. The van der Waals surface area contributed by atoms with Crippen molar-refractivity contribution in [3.05, 3.63) is 49.9 Å². The number of hydrogen-bond donors (Lipinski definition) is 1. The van der Waals surface area contributed by atoms with Gasteiger partial charge in [-0.05, 0) is 53.3 Å². The molecular weight excluding hydrogens is 397 g/mol. The van der Waals surface area contributed by atoms with Crippen molar-refractivity contribution in [1.29, 1.82) is 0 Å². The third-order valence-corrected chi connectivity index (χ3v) is 4.99. The minimum absolute atomic E-state index is 0.0491. The average molecular weight is 411 g/mol. The van der Waals surface area contributed by atoms with Crippen molar-refractivity contribution in [2.75, 3.05) is 6.61 Å². The topological polar surface area (TPSA) is 42.1 Å². The van der Waals surface area contributed by atoms with Crippen LogP contribution < -0.4 is 4.74 Å². The summed E-state index contributed by atoms with van der Waals surface area (Å²) >= 11 is 3.81. The zero-order chi connectivity index (χ0) is 14.8. The summed E-state index contributed by atoms with van der Waals surface area (Å²) in [7, 11) is 0. The first kappa shape index (κ1) is 14.6. The number of ether oxygens (including phenoxy) is 1. The molecule has 3 rings (SSSR count). The maximum absolute atomic E-state index is 12.6. The monoisotopic (exact) mass is 411 g/mol. The fourth-order valence-corrected chi connectivity index (χ4v) is 3.51. The second-order valence-corrected chi connectivity index (χ2v) is 7.53. The summed E-state index contributed by atoms with van der Waals surface area (Å²) in [6, 6.07) is 7.74. The lowest BCUT2D eigenvalue weighted by Crippen LogP contribution is -1.99. The highest BCUT2D eigenvalue weighted by Crippen LogP contribution is 2.27. The molecule has 2 aromatic heterocycles. The molecule has 0 bridgehead atoms. The quantitative estimate of drug-likeness (QED) is 0.482. The Morgan fingerprint density at radius 1 is 1.38 bits per heavy atom.